The second-order valence-electron chi connectivity index (χ2n) is 6.75. The molecule has 0 aliphatic rings. The van der Waals surface area contributed by atoms with Gasteiger partial charge in [0.25, 0.3) is 10.0 Å². The Morgan fingerprint density at radius 3 is 1.93 bits per heavy atom. The first-order valence-electron chi connectivity index (χ1n) is 9.33. The fourth-order valence-electron chi connectivity index (χ4n) is 3.03. The molecule has 0 bridgehead atoms. The van der Waals surface area contributed by atoms with E-state index in [1.807, 2.05) is 31.2 Å². The van der Waals surface area contributed by atoms with Gasteiger partial charge in [0.2, 0.25) is 0 Å². The van der Waals surface area contributed by atoms with Gasteiger partial charge in [-0.1, -0.05) is 29.8 Å². The van der Waals surface area contributed by atoms with Crippen LogP contribution in [0.5, 0.6) is 17.2 Å². The van der Waals surface area contributed by atoms with E-state index in [-0.39, 0.29) is 11.4 Å². The third kappa shape index (κ3) is 4.68. The van der Waals surface area contributed by atoms with Gasteiger partial charge in [-0.25, -0.2) is 8.42 Å². The number of hydrogen-bond acceptors (Lipinski definition) is 5. The van der Waals surface area contributed by atoms with E-state index < -0.39 is 10.0 Å². The van der Waals surface area contributed by atoms with E-state index in [9.17, 15) is 8.42 Å². The van der Waals surface area contributed by atoms with Crippen molar-refractivity contribution in [2.45, 2.75) is 18.4 Å². The molecule has 0 unspecified atom stereocenters. The van der Waals surface area contributed by atoms with Gasteiger partial charge in [-0.2, -0.15) is 0 Å². The molecule has 0 radical (unpaired) electrons. The van der Waals surface area contributed by atoms with Gasteiger partial charge in [-0.3, -0.25) is 4.31 Å². The maximum absolute atomic E-state index is 13.6. The molecule has 3 aromatic carbocycles. The van der Waals surface area contributed by atoms with Crippen molar-refractivity contribution < 1.29 is 22.6 Å². The lowest BCUT2D eigenvalue weighted by molar-refractivity contribution is 0.394. The van der Waals surface area contributed by atoms with Crippen molar-refractivity contribution in [2.75, 3.05) is 25.6 Å². The van der Waals surface area contributed by atoms with Crippen LogP contribution >= 0.6 is 0 Å². The molecule has 0 fully saturated rings. The number of ether oxygens (including phenoxy) is 3. The van der Waals surface area contributed by atoms with Crippen LogP contribution in [0.3, 0.4) is 0 Å². The minimum Gasteiger partial charge on any atom is -0.497 e. The molecule has 0 aliphatic heterocycles. The zero-order valence-corrected chi connectivity index (χ0v) is 18.3. The van der Waals surface area contributed by atoms with Gasteiger partial charge in [-0.05, 0) is 36.8 Å². The molecule has 0 saturated carbocycles. The maximum Gasteiger partial charge on any atom is 0.264 e. The fourth-order valence-corrected chi connectivity index (χ4v) is 4.46. The molecule has 0 N–H and O–H groups in total. The summed E-state index contributed by atoms with van der Waals surface area (Å²) in [5.74, 6) is 1.65. The van der Waals surface area contributed by atoms with Crippen molar-refractivity contribution in [2.24, 2.45) is 0 Å². The summed E-state index contributed by atoms with van der Waals surface area (Å²) in [4.78, 5) is 0.206. The molecule has 7 heteroatoms. The van der Waals surface area contributed by atoms with E-state index in [0.717, 1.165) is 11.1 Å². The first-order valence-corrected chi connectivity index (χ1v) is 10.8. The van der Waals surface area contributed by atoms with Crippen molar-refractivity contribution in [1.29, 1.82) is 0 Å². The molecule has 0 heterocycles. The predicted octanol–water partition coefficient (Wildman–Crippen LogP) is 4.42. The number of sulfonamides is 1. The van der Waals surface area contributed by atoms with Crippen LogP contribution in [0.25, 0.3) is 0 Å². The molecule has 3 aromatic rings. The molecule has 0 aromatic heterocycles. The van der Waals surface area contributed by atoms with Crippen LogP contribution in [0.15, 0.2) is 71.6 Å². The summed E-state index contributed by atoms with van der Waals surface area (Å²) < 4.78 is 44.6. The Bertz CT molecular complexity index is 1090. The molecular weight excluding hydrogens is 402 g/mol. The summed E-state index contributed by atoms with van der Waals surface area (Å²) in [6.45, 7) is 2.03. The lowest BCUT2D eigenvalue weighted by atomic mass is 10.2. The van der Waals surface area contributed by atoms with Gasteiger partial charge in [0, 0.05) is 18.2 Å². The van der Waals surface area contributed by atoms with E-state index in [0.29, 0.717) is 22.9 Å². The van der Waals surface area contributed by atoms with Crippen LogP contribution in [0, 0.1) is 6.92 Å². The van der Waals surface area contributed by atoms with Gasteiger partial charge < -0.3 is 14.2 Å². The number of methoxy groups -OCH3 is 3. The van der Waals surface area contributed by atoms with Crippen molar-refractivity contribution in [3.63, 3.8) is 0 Å². The number of hydrogen-bond donors (Lipinski definition) is 0. The molecule has 0 aliphatic carbocycles. The van der Waals surface area contributed by atoms with Crippen molar-refractivity contribution in [3.8, 4) is 17.2 Å². The molecular formula is C23H25NO5S. The summed E-state index contributed by atoms with van der Waals surface area (Å²) in [6.07, 6.45) is 0. The highest BCUT2D eigenvalue weighted by molar-refractivity contribution is 7.92. The van der Waals surface area contributed by atoms with E-state index in [2.05, 4.69) is 0 Å². The summed E-state index contributed by atoms with van der Waals surface area (Å²) in [7, 11) is 0.773. The van der Waals surface area contributed by atoms with Crippen LogP contribution in [0.2, 0.25) is 0 Å². The Morgan fingerprint density at radius 1 is 0.767 bits per heavy atom. The quantitative estimate of drug-likeness (QED) is 0.533. The lowest BCUT2D eigenvalue weighted by Crippen LogP contribution is -2.30. The van der Waals surface area contributed by atoms with Gasteiger partial charge in [0.15, 0.2) is 0 Å². The maximum atomic E-state index is 13.6. The topological polar surface area (TPSA) is 65.1 Å². The molecule has 0 amide bonds. The zero-order chi connectivity index (χ0) is 21.7. The molecule has 158 valence electrons. The number of benzene rings is 3. The average molecular weight is 428 g/mol. The Balaban J connectivity index is 2.14. The van der Waals surface area contributed by atoms with Crippen LogP contribution < -0.4 is 18.5 Å². The summed E-state index contributed by atoms with van der Waals surface area (Å²) in [5.41, 5.74) is 2.21. The summed E-state index contributed by atoms with van der Waals surface area (Å²) in [6, 6.07) is 19.2. The smallest absolute Gasteiger partial charge is 0.264 e. The Hall–Kier alpha value is -3.19. The van der Waals surface area contributed by atoms with Crippen molar-refractivity contribution in [3.05, 3.63) is 77.9 Å². The van der Waals surface area contributed by atoms with E-state index in [1.165, 1.54) is 18.5 Å². The fraction of sp³-hybridized carbons (Fsp3) is 0.217. The van der Waals surface area contributed by atoms with Gasteiger partial charge in [0.1, 0.15) is 17.2 Å². The second kappa shape index (κ2) is 9.09. The van der Waals surface area contributed by atoms with Crippen LogP contribution in [-0.2, 0) is 16.6 Å². The Kier molecular flexibility index (Phi) is 6.52. The summed E-state index contributed by atoms with van der Waals surface area (Å²) in [5, 5.41) is 0. The lowest BCUT2D eigenvalue weighted by Gasteiger charge is -2.26. The molecule has 0 atom stereocenters. The van der Waals surface area contributed by atoms with Crippen LogP contribution in [-0.4, -0.2) is 29.7 Å². The second-order valence-corrected chi connectivity index (χ2v) is 8.61. The Labute approximate surface area is 177 Å². The van der Waals surface area contributed by atoms with Gasteiger partial charge in [0.05, 0.1) is 38.5 Å². The predicted molar refractivity (Wildman–Crippen MR) is 117 cm³/mol. The number of aryl methyl sites for hydroxylation is 1. The number of anilines is 1. The summed E-state index contributed by atoms with van der Waals surface area (Å²) >= 11 is 0. The number of rotatable bonds is 8. The largest absolute Gasteiger partial charge is 0.497 e. The third-order valence-electron chi connectivity index (χ3n) is 4.69. The van der Waals surface area contributed by atoms with E-state index in [1.54, 1.807) is 49.6 Å². The molecule has 0 saturated heterocycles. The number of nitrogens with zero attached hydrogens (tertiary/aromatic N) is 1. The van der Waals surface area contributed by atoms with Gasteiger partial charge in [-0.15, -0.1) is 0 Å². The average Bonchev–Trinajstić information content (AvgIpc) is 2.77. The first-order chi connectivity index (χ1) is 14.4. The monoisotopic (exact) mass is 427 g/mol. The first kappa shape index (κ1) is 21.5. The Morgan fingerprint density at radius 2 is 1.37 bits per heavy atom. The molecule has 3 rings (SSSR count). The van der Waals surface area contributed by atoms with Crippen molar-refractivity contribution >= 4 is 15.7 Å². The molecule has 30 heavy (non-hydrogen) atoms. The minimum absolute atomic E-state index is 0.115. The highest BCUT2D eigenvalue weighted by Crippen LogP contribution is 2.33. The third-order valence-corrected chi connectivity index (χ3v) is 6.48. The molecule has 6 nitrogen and oxygen atoms in total. The van der Waals surface area contributed by atoms with Gasteiger partial charge >= 0.3 is 0 Å². The SMILES string of the molecule is COc1cccc(CN(c2cc(OC)cc(OC)c2)S(=O)(=O)c2ccc(C)cc2)c1. The molecule has 0 spiro atoms. The normalized spacial score (nSPS) is 11.1. The minimum atomic E-state index is -3.86. The van der Waals surface area contributed by atoms with Crippen LogP contribution in [0.4, 0.5) is 5.69 Å². The van der Waals surface area contributed by atoms with E-state index in [4.69, 9.17) is 14.2 Å². The van der Waals surface area contributed by atoms with Crippen LogP contribution in [0.1, 0.15) is 11.1 Å². The van der Waals surface area contributed by atoms with E-state index >= 15 is 0 Å². The highest BCUT2D eigenvalue weighted by atomic mass is 32.2. The highest BCUT2D eigenvalue weighted by Gasteiger charge is 2.26. The standard InChI is InChI=1S/C23H25NO5S/c1-17-8-10-23(11-9-17)30(25,26)24(16-18-6-5-7-20(12-18)27-2)19-13-21(28-3)15-22(14-19)29-4/h5-15H,16H2,1-4H3. The van der Waals surface area contributed by atoms with Crippen molar-refractivity contribution in [1.82, 2.24) is 0 Å². The zero-order valence-electron chi connectivity index (χ0n) is 17.5.